The van der Waals surface area contributed by atoms with Crippen LogP contribution in [0.5, 0.6) is 0 Å². The van der Waals surface area contributed by atoms with Crippen molar-refractivity contribution in [3.63, 3.8) is 0 Å². The number of rotatable bonds is 5. The molecule has 0 saturated carbocycles. The van der Waals surface area contributed by atoms with Gasteiger partial charge in [0.2, 0.25) is 0 Å². The number of aryl methyl sites for hydroxylation is 1. The third-order valence-electron chi connectivity index (χ3n) is 2.18. The van der Waals surface area contributed by atoms with Crippen LogP contribution in [0.3, 0.4) is 0 Å². The van der Waals surface area contributed by atoms with Gasteiger partial charge in [-0.3, -0.25) is 0 Å². The van der Waals surface area contributed by atoms with Crippen molar-refractivity contribution in [3.8, 4) is 0 Å². The van der Waals surface area contributed by atoms with Crippen molar-refractivity contribution in [2.24, 2.45) is 0 Å². The maximum absolute atomic E-state index is 13.1. The molecule has 84 valence electrons. The summed E-state index contributed by atoms with van der Waals surface area (Å²) in [5.74, 6) is -0.328. The quantitative estimate of drug-likeness (QED) is 0.763. The maximum Gasteiger partial charge on any atom is 0.142 e. The summed E-state index contributed by atoms with van der Waals surface area (Å²) in [4.78, 5) is 0. The van der Waals surface area contributed by atoms with Crippen molar-refractivity contribution < 1.29 is 4.39 Å². The van der Waals surface area contributed by atoms with E-state index >= 15 is 0 Å². The molecule has 1 aromatic rings. The lowest BCUT2D eigenvalue weighted by Gasteiger charge is -2.07. The normalized spacial score (nSPS) is 11.0. The van der Waals surface area contributed by atoms with Gasteiger partial charge < -0.3 is 5.32 Å². The van der Waals surface area contributed by atoms with Crippen LogP contribution < -0.4 is 5.32 Å². The van der Waals surface area contributed by atoms with E-state index in [0.717, 1.165) is 24.9 Å². The topological polar surface area (TPSA) is 12.0 Å². The van der Waals surface area contributed by atoms with Gasteiger partial charge in [-0.15, -0.1) is 0 Å². The second-order valence-electron chi connectivity index (χ2n) is 3.96. The molecule has 1 aromatic carbocycles. The largest absolute Gasteiger partial charge is 0.315 e. The molecule has 0 spiro atoms. The zero-order chi connectivity index (χ0) is 11.3. The van der Waals surface area contributed by atoms with Crippen molar-refractivity contribution in [3.05, 3.63) is 34.6 Å². The van der Waals surface area contributed by atoms with Gasteiger partial charge in [0.05, 0.1) is 5.02 Å². The molecule has 0 aliphatic carbocycles. The van der Waals surface area contributed by atoms with Crippen LogP contribution in [-0.4, -0.2) is 12.6 Å². The van der Waals surface area contributed by atoms with Crippen LogP contribution in [-0.2, 0) is 6.42 Å². The number of hydrogen-bond acceptors (Lipinski definition) is 1. The summed E-state index contributed by atoms with van der Waals surface area (Å²) < 4.78 is 13.1. The lowest BCUT2D eigenvalue weighted by atomic mass is 10.1. The highest BCUT2D eigenvalue weighted by molar-refractivity contribution is 6.30. The summed E-state index contributed by atoms with van der Waals surface area (Å²) in [6, 6.07) is 5.51. The van der Waals surface area contributed by atoms with Crippen LogP contribution in [0.4, 0.5) is 4.39 Å². The monoisotopic (exact) mass is 229 g/mol. The molecule has 0 heterocycles. The Labute approximate surface area is 95.6 Å². The Morgan fingerprint density at radius 3 is 2.73 bits per heavy atom. The van der Waals surface area contributed by atoms with Crippen LogP contribution in [0.2, 0.25) is 5.02 Å². The fraction of sp³-hybridized carbons (Fsp3) is 0.500. The van der Waals surface area contributed by atoms with Crippen LogP contribution in [0.25, 0.3) is 0 Å². The minimum atomic E-state index is -0.328. The molecule has 0 saturated heterocycles. The third kappa shape index (κ3) is 4.63. The zero-order valence-corrected chi connectivity index (χ0v) is 9.94. The van der Waals surface area contributed by atoms with E-state index in [1.54, 1.807) is 6.07 Å². The van der Waals surface area contributed by atoms with Crippen molar-refractivity contribution in [1.82, 2.24) is 5.32 Å². The SMILES string of the molecule is CC(C)NCCCc1ccc(Cl)c(F)c1. The Morgan fingerprint density at radius 2 is 2.13 bits per heavy atom. The molecule has 15 heavy (non-hydrogen) atoms. The molecule has 0 atom stereocenters. The molecular weight excluding hydrogens is 213 g/mol. The Balaban J connectivity index is 2.35. The predicted molar refractivity (Wildman–Crippen MR) is 62.9 cm³/mol. The first-order valence-electron chi connectivity index (χ1n) is 5.27. The Hall–Kier alpha value is -0.600. The van der Waals surface area contributed by atoms with Gasteiger partial charge in [-0.1, -0.05) is 31.5 Å². The summed E-state index contributed by atoms with van der Waals surface area (Å²) in [6.07, 6.45) is 1.90. The molecule has 1 N–H and O–H groups in total. The second-order valence-corrected chi connectivity index (χ2v) is 4.37. The van der Waals surface area contributed by atoms with Gasteiger partial charge in [-0.25, -0.2) is 4.39 Å². The van der Waals surface area contributed by atoms with E-state index in [9.17, 15) is 4.39 Å². The number of halogens is 2. The van der Waals surface area contributed by atoms with E-state index in [1.807, 2.05) is 6.07 Å². The highest BCUT2D eigenvalue weighted by atomic mass is 35.5. The fourth-order valence-electron chi connectivity index (χ4n) is 1.38. The average Bonchev–Trinajstić information content (AvgIpc) is 2.18. The molecule has 0 aliphatic heterocycles. The molecule has 0 unspecified atom stereocenters. The molecule has 0 fully saturated rings. The Morgan fingerprint density at radius 1 is 1.40 bits per heavy atom. The summed E-state index contributed by atoms with van der Waals surface area (Å²) in [5.41, 5.74) is 1.00. The predicted octanol–water partition coefficient (Wildman–Crippen LogP) is 3.41. The standard InChI is InChI=1S/C12H17ClFN/c1-9(2)15-7-3-4-10-5-6-11(13)12(14)8-10/h5-6,8-9,15H,3-4,7H2,1-2H3. The molecule has 1 nitrogen and oxygen atoms in total. The highest BCUT2D eigenvalue weighted by Gasteiger charge is 2.00. The first kappa shape index (κ1) is 12.5. The van der Waals surface area contributed by atoms with Crippen LogP contribution >= 0.6 is 11.6 Å². The molecule has 3 heteroatoms. The molecule has 0 radical (unpaired) electrons. The minimum Gasteiger partial charge on any atom is -0.315 e. The van der Waals surface area contributed by atoms with Crippen molar-refractivity contribution >= 4 is 11.6 Å². The van der Waals surface area contributed by atoms with Gasteiger partial charge in [0, 0.05) is 6.04 Å². The number of hydrogen-bond donors (Lipinski definition) is 1. The van der Waals surface area contributed by atoms with E-state index in [0.29, 0.717) is 6.04 Å². The van der Waals surface area contributed by atoms with E-state index < -0.39 is 0 Å². The van der Waals surface area contributed by atoms with Crippen LogP contribution in [0, 0.1) is 5.82 Å². The van der Waals surface area contributed by atoms with Gasteiger partial charge in [0.25, 0.3) is 0 Å². The third-order valence-corrected chi connectivity index (χ3v) is 2.49. The van der Waals surface area contributed by atoms with Gasteiger partial charge in [0.1, 0.15) is 5.82 Å². The van der Waals surface area contributed by atoms with E-state index in [-0.39, 0.29) is 10.8 Å². The van der Waals surface area contributed by atoms with E-state index in [1.165, 1.54) is 6.07 Å². The molecule has 0 aromatic heterocycles. The van der Waals surface area contributed by atoms with Crippen molar-refractivity contribution in [2.45, 2.75) is 32.7 Å². The first-order chi connectivity index (χ1) is 7.09. The summed E-state index contributed by atoms with van der Waals surface area (Å²) in [5, 5.41) is 3.52. The van der Waals surface area contributed by atoms with Crippen LogP contribution in [0.15, 0.2) is 18.2 Å². The van der Waals surface area contributed by atoms with Gasteiger partial charge in [0.15, 0.2) is 0 Å². The lowest BCUT2D eigenvalue weighted by molar-refractivity contribution is 0.569. The molecular formula is C12H17ClFN. The van der Waals surface area contributed by atoms with Crippen LogP contribution in [0.1, 0.15) is 25.8 Å². The van der Waals surface area contributed by atoms with E-state index in [2.05, 4.69) is 19.2 Å². The highest BCUT2D eigenvalue weighted by Crippen LogP contribution is 2.16. The van der Waals surface area contributed by atoms with Gasteiger partial charge >= 0.3 is 0 Å². The number of benzene rings is 1. The zero-order valence-electron chi connectivity index (χ0n) is 9.19. The Bertz CT molecular complexity index is 312. The average molecular weight is 230 g/mol. The molecule has 0 bridgehead atoms. The summed E-state index contributed by atoms with van der Waals surface area (Å²) in [6.45, 7) is 5.19. The Kier molecular flexibility index (Phi) is 5.06. The van der Waals surface area contributed by atoms with Gasteiger partial charge in [-0.2, -0.15) is 0 Å². The number of nitrogens with one attached hydrogen (secondary N) is 1. The smallest absolute Gasteiger partial charge is 0.142 e. The fourth-order valence-corrected chi connectivity index (χ4v) is 1.50. The van der Waals surface area contributed by atoms with Crippen molar-refractivity contribution in [2.75, 3.05) is 6.54 Å². The maximum atomic E-state index is 13.1. The van der Waals surface area contributed by atoms with Crippen molar-refractivity contribution in [1.29, 1.82) is 0 Å². The molecule has 1 rings (SSSR count). The minimum absolute atomic E-state index is 0.194. The first-order valence-corrected chi connectivity index (χ1v) is 5.64. The van der Waals surface area contributed by atoms with Gasteiger partial charge in [-0.05, 0) is 37.1 Å². The molecule has 0 aliphatic rings. The molecule has 0 amide bonds. The summed E-state index contributed by atoms with van der Waals surface area (Å²) in [7, 11) is 0. The summed E-state index contributed by atoms with van der Waals surface area (Å²) >= 11 is 5.60. The lowest BCUT2D eigenvalue weighted by Crippen LogP contribution is -2.23. The second kappa shape index (κ2) is 6.09. The van der Waals surface area contributed by atoms with E-state index in [4.69, 9.17) is 11.6 Å².